The third kappa shape index (κ3) is 3.10. The van der Waals surface area contributed by atoms with Crippen LogP contribution in [0.1, 0.15) is 18.4 Å². The largest absolute Gasteiger partial charge is 0.416 e. The summed E-state index contributed by atoms with van der Waals surface area (Å²) in [7, 11) is 0. The van der Waals surface area contributed by atoms with Crippen LogP contribution in [0.3, 0.4) is 0 Å². The number of aliphatic hydroxyl groups is 1. The summed E-state index contributed by atoms with van der Waals surface area (Å²) < 4.78 is 38.1. The van der Waals surface area contributed by atoms with E-state index >= 15 is 0 Å². The zero-order valence-corrected chi connectivity index (χ0v) is 10.7. The number of anilines is 1. The van der Waals surface area contributed by atoms with E-state index in [1.807, 2.05) is 0 Å². The Morgan fingerprint density at radius 3 is 2.70 bits per heavy atom. The van der Waals surface area contributed by atoms with Crippen LogP contribution in [0.2, 0.25) is 0 Å². The summed E-state index contributed by atoms with van der Waals surface area (Å²) in [6.07, 6.45) is -3.71. The van der Waals surface area contributed by atoms with E-state index in [4.69, 9.17) is 5.11 Å². The summed E-state index contributed by atoms with van der Waals surface area (Å²) in [5.41, 5.74) is -0.572. The van der Waals surface area contributed by atoms with E-state index in [0.717, 1.165) is 12.1 Å². The number of alkyl halides is 3. The van der Waals surface area contributed by atoms with Crippen LogP contribution in [-0.2, 0) is 11.0 Å². The molecule has 1 heterocycles. The van der Waals surface area contributed by atoms with E-state index in [2.05, 4.69) is 0 Å². The van der Waals surface area contributed by atoms with Gasteiger partial charge in [-0.1, -0.05) is 6.07 Å². The van der Waals surface area contributed by atoms with Crippen LogP contribution in [0.4, 0.5) is 18.9 Å². The number of rotatable bonds is 4. The molecule has 1 aromatic rings. The van der Waals surface area contributed by atoms with Crippen LogP contribution < -0.4 is 5.01 Å². The molecule has 0 bridgehead atoms. The maximum absolute atomic E-state index is 12.7. The maximum Gasteiger partial charge on any atom is 0.416 e. The number of aliphatic hydroxyl groups excluding tert-OH is 1. The lowest BCUT2D eigenvalue weighted by Gasteiger charge is -2.28. The lowest BCUT2D eigenvalue weighted by atomic mass is 10.2. The molecule has 1 N–H and O–H groups in total. The molecule has 1 aliphatic rings. The third-order valence-corrected chi connectivity index (χ3v) is 3.10. The molecule has 1 aliphatic heterocycles. The van der Waals surface area contributed by atoms with E-state index in [9.17, 15) is 18.0 Å². The highest BCUT2D eigenvalue weighted by Crippen LogP contribution is 2.33. The second-order valence-corrected chi connectivity index (χ2v) is 4.53. The monoisotopic (exact) mass is 288 g/mol. The van der Waals surface area contributed by atoms with Gasteiger partial charge in [0.1, 0.15) is 0 Å². The summed E-state index contributed by atoms with van der Waals surface area (Å²) in [6.45, 7) is 0.856. The van der Waals surface area contributed by atoms with Gasteiger partial charge in [-0.2, -0.15) is 13.2 Å². The van der Waals surface area contributed by atoms with Crippen molar-refractivity contribution in [3.8, 4) is 0 Å². The number of hydrogen-bond acceptors (Lipinski definition) is 3. The first-order valence-corrected chi connectivity index (χ1v) is 6.29. The Balaban J connectivity index is 2.26. The fraction of sp³-hybridized carbons (Fsp3) is 0.462. The van der Waals surface area contributed by atoms with E-state index in [0.29, 0.717) is 19.5 Å². The highest BCUT2D eigenvalue weighted by atomic mass is 19.4. The van der Waals surface area contributed by atoms with E-state index in [1.54, 1.807) is 5.01 Å². The van der Waals surface area contributed by atoms with E-state index in [1.165, 1.54) is 17.1 Å². The minimum absolute atomic E-state index is 0.0267. The van der Waals surface area contributed by atoms with Gasteiger partial charge < -0.3 is 5.11 Å². The normalized spacial score (nSPS) is 17.0. The average Bonchev–Trinajstić information content (AvgIpc) is 2.76. The van der Waals surface area contributed by atoms with Gasteiger partial charge in [0.15, 0.2) is 0 Å². The van der Waals surface area contributed by atoms with Crippen molar-refractivity contribution < 1.29 is 23.1 Å². The highest BCUT2D eigenvalue weighted by molar-refractivity contribution is 5.94. The van der Waals surface area contributed by atoms with Crippen molar-refractivity contribution in [3.05, 3.63) is 29.8 Å². The van der Waals surface area contributed by atoms with Gasteiger partial charge in [0, 0.05) is 26.1 Å². The van der Waals surface area contributed by atoms with Gasteiger partial charge in [-0.25, -0.2) is 10.0 Å². The van der Waals surface area contributed by atoms with E-state index < -0.39 is 11.7 Å². The number of carbonyl (C=O) groups is 1. The Bertz CT molecular complexity index is 491. The van der Waals surface area contributed by atoms with Crippen molar-refractivity contribution in [2.45, 2.75) is 19.0 Å². The molecule has 0 atom stereocenters. The minimum Gasteiger partial charge on any atom is -0.396 e. The molecule has 1 fully saturated rings. The molecule has 0 radical (unpaired) electrons. The number of nitrogens with zero attached hydrogens (tertiary/aromatic N) is 2. The third-order valence-electron chi connectivity index (χ3n) is 3.10. The Kier molecular flexibility index (Phi) is 4.29. The topological polar surface area (TPSA) is 43.8 Å². The molecule has 0 unspecified atom stereocenters. The molecule has 110 valence electrons. The maximum atomic E-state index is 12.7. The Morgan fingerprint density at radius 2 is 2.05 bits per heavy atom. The first-order chi connectivity index (χ1) is 9.43. The van der Waals surface area contributed by atoms with Crippen molar-refractivity contribution in [2.75, 3.05) is 24.7 Å². The van der Waals surface area contributed by atoms with Crippen LogP contribution in [0, 0.1) is 0 Å². The van der Waals surface area contributed by atoms with Gasteiger partial charge in [0.2, 0.25) is 5.91 Å². The second-order valence-electron chi connectivity index (χ2n) is 4.53. The van der Waals surface area contributed by atoms with E-state index in [-0.39, 0.29) is 24.6 Å². The fourth-order valence-electron chi connectivity index (χ4n) is 2.17. The number of halogens is 3. The van der Waals surface area contributed by atoms with Crippen molar-refractivity contribution >= 4 is 11.6 Å². The Labute approximate surface area is 114 Å². The number of benzene rings is 1. The Hall–Kier alpha value is -1.60. The molecule has 1 amide bonds. The van der Waals surface area contributed by atoms with Crippen molar-refractivity contribution in [1.82, 2.24) is 5.01 Å². The number of carbonyl (C=O) groups excluding carboxylic acids is 1. The lowest BCUT2D eigenvalue weighted by molar-refractivity contribution is -0.137. The van der Waals surface area contributed by atoms with Crippen molar-refractivity contribution in [1.29, 1.82) is 0 Å². The molecule has 1 aromatic carbocycles. The van der Waals surface area contributed by atoms with Gasteiger partial charge in [-0.3, -0.25) is 4.79 Å². The standard InChI is InChI=1S/C13H15F3N2O2/c14-13(15,16)10-3-1-4-11(9-10)18-12(20)5-7-17(18)6-2-8-19/h1,3-4,9,19H,2,5-8H2. The van der Waals surface area contributed by atoms with Crippen molar-refractivity contribution in [2.24, 2.45) is 0 Å². The SMILES string of the molecule is O=C1CCN(CCCO)N1c1cccc(C(F)(F)F)c1. The summed E-state index contributed by atoms with van der Waals surface area (Å²) >= 11 is 0. The summed E-state index contributed by atoms with van der Waals surface area (Å²) in [5, 5.41) is 11.8. The summed E-state index contributed by atoms with van der Waals surface area (Å²) in [4.78, 5) is 11.8. The zero-order valence-electron chi connectivity index (χ0n) is 10.7. The fourth-order valence-corrected chi connectivity index (χ4v) is 2.17. The summed E-state index contributed by atoms with van der Waals surface area (Å²) in [5.74, 6) is -0.234. The second kappa shape index (κ2) is 5.80. The van der Waals surface area contributed by atoms with Gasteiger partial charge in [0.25, 0.3) is 0 Å². The number of amides is 1. The molecule has 20 heavy (non-hydrogen) atoms. The average molecular weight is 288 g/mol. The molecule has 0 saturated carbocycles. The minimum atomic E-state index is -4.44. The quantitative estimate of drug-likeness (QED) is 0.922. The smallest absolute Gasteiger partial charge is 0.396 e. The molecule has 0 spiro atoms. The first-order valence-electron chi connectivity index (χ1n) is 6.29. The molecule has 4 nitrogen and oxygen atoms in total. The molecule has 2 rings (SSSR count). The van der Waals surface area contributed by atoms with Crippen LogP contribution in [0.5, 0.6) is 0 Å². The first kappa shape index (κ1) is 14.8. The molecule has 0 aliphatic carbocycles. The van der Waals surface area contributed by atoms with Crippen LogP contribution in [0.25, 0.3) is 0 Å². The highest BCUT2D eigenvalue weighted by Gasteiger charge is 2.34. The van der Waals surface area contributed by atoms with Gasteiger partial charge in [-0.15, -0.1) is 0 Å². The predicted octanol–water partition coefficient (Wildman–Crippen LogP) is 2.04. The molecular formula is C13H15F3N2O2. The van der Waals surface area contributed by atoms with Crippen LogP contribution >= 0.6 is 0 Å². The van der Waals surface area contributed by atoms with Crippen molar-refractivity contribution in [3.63, 3.8) is 0 Å². The predicted molar refractivity (Wildman–Crippen MR) is 66.8 cm³/mol. The van der Waals surface area contributed by atoms with Gasteiger partial charge >= 0.3 is 6.18 Å². The number of hydrazine groups is 1. The number of hydrogen-bond donors (Lipinski definition) is 1. The molecular weight excluding hydrogens is 273 g/mol. The Morgan fingerprint density at radius 1 is 1.30 bits per heavy atom. The van der Waals surface area contributed by atoms with Crippen LogP contribution in [-0.4, -0.2) is 35.7 Å². The van der Waals surface area contributed by atoms with Gasteiger partial charge in [-0.05, 0) is 24.6 Å². The lowest BCUT2D eigenvalue weighted by Crippen LogP contribution is -2.40. The molecule has 7 heteroatoms. The zero-order chi connectivity index (χ0) is 14.8. The summed E-state index contributed by atoms with van der Waals surface area (Å²) in [6, 6.07) is 4.70. The molecule has 1 saturated heterocycles. The van der Waals surface area contributed by atoms with Crippen LogP contribution in [0.15, 0.2) is 24.3 Å². The molecule has 0 aromatic heterocycles. The van der Waals surface area contributed by atoms with Gasteiger partial charge in [0.05, 0.1) is 11.3 Å².